The van der Waals surface area contributed by atoms with Gasteiger partial charge in [-0.05, 0) is 25.8 Å². The highest BCUT2D eigenvalue weighted by Crippen LogP contribution is 2.44. The Kier molecular flexibility index (Phi) is 6.15. The van der Waals surface area contributed by atoms with Crippen LogP contribution in [-0.2, 0) is 9.47 Å². The van der Waals surface area contributed by atoms with Gasteiger partial charge < -0.3 is 19.8 Å². The normalized spacial score (nSPS) is 17.5. The van der Waals surface area contributed by atoms with Gasteiger partial charge in [-0.2, -0.15) is 13.2 Å². The predicted octanol–water partition coefficient (Wildman–Crippen LogP) is 3.89. The number of hydrogen-bond donors (Lipinski definition) is 2. The third kappa shape index (κ3) is 4.23. The van der Waals surface area contributed by atoms with Crippen molar-refractivity contribution in [2.75, 3.05) is 25.1 Å². The van der Waals surface area contributed by atoms with Gasteiger partial charge >= 0.3 is 12.1 Å². The van der Waals surface area contributed by atoms with Crippen LogP contribution in [-0.4, -0.2) is 42.5 Å². The number of rotatable bonds is 7. The summed E-state index contributed by atoms with van der Waals surface area (Å²) in [6.07, 6.45) is -0.921. The summed E-state index contributed by atoms with van der Waals surface area (Å²) in [6, 6.07) is 1.63. The second kappa shape index (κ2) is 7.92. The van der Waals surface area contributed by atoms with Crippen LogP contribution in [0.15, 0.2) is 12.3 Å². The van der Waals surface area contributed by atoms with Crippen molar-refractivity contribution >= 4 is 11.7 Å². The number of alkyl halides is 3. The van der Waals surface area contributed by atoms with E-state index in [9.17, 15) is 18.0 Å². The Morgan fingerprint density at radius 1 is 1.33 bits per heavy atom. The Hall–Kier alpha value is -1.70. The van der Waals surface area contributed by atoms with Crippen molar-refractivity contribution in [2.24, 2.45) is 0 Å². The molecule has 0 aromatic carbocycles. The second-order valence-electron chi connectivity index (χ2n) is 5.81. The molecule has 0 saturated heterocycles. The molecule has 1 heterocycles. The summed E-state index contributed by atoms with van der Waals surface area (Å²) in [5, 5.41) is 2.92. The average Bonchev–Trinajstić information content (AvgIpc) is 3.00. The van der Waals surface area contributed by atoms with E-state index in [4.69, 9.17) is 9.47 Å². The van der Waals surface area contributed by atoms with Crippen molar-refractivity contribution in [1.29, 1.82) is 0 Å². The number of halogens is 3. The third-order valence-corrected chi connectivity index (χ3v) is 4.20. The van der Waals surface area contributed by atoms with Gasteiger partial charge in [0, 0.05) is 12.7 Å². The molecule has 5 nitrogen and oxygen atoms in total. The topological polar surface area (TPSA) is 63.4 Å². The van der Waals surface area contributed by atoms with Crippen molar-refractivity contribution in [3.8, 4) is 0 Å². The van der Waals surface area contributed by atoms with E-state index in [-0.39, 0.29) is 38.3 Å². The van der Waals surface area contributed by atoms with Crippen molar-refractivity contribution in [2.45, 2.75) is 50.8 Å². The summed E-state index contributed by atoms with van der Waals surface area (Å²) >= 11 is 0. The van der Waals surface area contributed by atoms with E-state index in [0.29, 0.717) is 18.5 Å². The smallest absolute Gasteiger partial charge is 0.417 e. The number of hydrogen-bond acceptors (Lipinski definition) is 4. The van der Waals surface area contributed by atoms with E-state index in [1.807, 2.05) is 0 Å². The zero-order chi connectivity index (χ0) is 17.6. The van der Waals surface area contributed by atoms with Crippen LogP contribution in [0, 0.1) is 0 Å². The second-order valence-corrected chi connectivity index (χ2v) is 5.81. The lowest BCUT2D eigenvalue weighted by atomic mass is 9.84. The summed E-state index contributed by atoms with van der Waals surface area (Å²) in [5.74, 6) is -0.509. The first kappa shape index (κ1) is 18.6. The largest absolute Gasteiger partial charge is 0.461 e. The number of anilines is 1. The molecular formula is C16H23F3N2O3. The number of ether oxygens (including phenoxy) is 2. The maximum absolute atomic E-state index is 13.3. The number of aromatic nitrogens is 1. The molecule has 1 aliphatic carbocycles. The quantitative estimate of drug-likeness (QED) is 0.580. The first-order valence-electron chi connectivity index (χ1n) is 8.19. The summed E-state index contributed by atoms with van der Waals surface area (Å²) in [4.78, 5) is 14.5. The summed E-state index contributed by atoms with van der Waals surface area (Å²) in [7, 11) is 0. The Morgan fingerprint density at radius 3 is 2.67 bits per heavy atom. The number of carbonyl (C=O) groups is 1. The van der Waals surface area contributed by atoms with E-state index in [1.54, 1.807) is 19.2 Å². The Bertz CT molecular complexity index is 537. The van der Waals surface area contributed by atoms with Gasteiger partial charge in [0.05, 0.1) is 18.9 Å². The molecule has 0 amide bonds. The lowest BCUT2D eigenvalue weighted by Gasteiger charge is -2.38. The molecule has 1 aromatic rings. The molecule has 0 unspecified atom stereocenters. The van der Waals surface area contributed by atoms with Crippen LogP contribution in [0.1, 0.15) is 49.5 Å². The van der Waals surface area contributed by atoms with Gasteiger partial charge in [-0.1, -0.05) is 19.3 Å². The van der Waals surface area contributed by atoms with Crippen molar-refractivity contribution in [1.82, 2.24) is 4.98 Å². The van der Waals surface area contributed by atoms with Gasteiger partial charge in [0.2, 0.25) is 0 Å². The molecule has 136 valence electrons. The fourth-order valence-electron chi connectivity index (χ4n) is 2.95. The average molecular weight is 348 g/mol. The van der Waals surface area contributed by atoms with E-state index in [0.717, 1.165) is 6.42 Å². The molecule has 8 heteroatoms. The van der Waals surface area contributed by atoms with Crippen LogP contribution >= 0.6 is 0 Å². The zero-order valence-electron chi connectivity index (χ0n) is 13.7. The maximum Gasteiger partial charge on any atom is 0.417 e. The van der Waals surface area contributed by atoms with E-state index in [2.05, 4.69) is 10.3 Å². The molecule has 1 aromatic heterocycles. The van der Waals surface area contributed by atoms with Crippen molar-refractivity contribution < 1.29 is 27.4 Å². The molecule has 2 N–H and O–H groups in total. The Labute approximate surface area is 138 Å². The minimum absolute atomic E-state index is 0.00866. The lowest BCUT2D eigenvalue weighted by molar-refractivity contribution is -0.286. The number of carbonyl (C=O) groups excluding carboxylic acids is 1. The van der Waals surface area contributed by atoms with Gasteiger partial charge in [-0.15, -0.1) is 0 Å². The number of aromatic amines is 1. The molecule has 0 bridgehead atoms. The lowest BCUT2D eigenvalue weighted by Crippen LogP contribution is -2.49. The first-order valence-corrected chi connectivity index (χ1v) is 8.19. The van der Waals surface area contributed by atoms with Crippen molar-refractivity contribution in [3.63, 3.8) is 0 Å². The van der Waals surface area contributed by atoms with Gasteiger partial charge in [-0.3, -0.25) is 0 Å². The summed E-state index contributed by atoms with van der Waals surface area (Å²) in [6.45, 7) is 2.02. The molecule has 1 aliphatic rings. The number of H-pyrrole nitrogens is 1. The fraction of sp³-hybridized carbons (Fsp3) is 0.688. The standard InChI is InChI=1S/C16H23F3N2O3/c1-2-23-14(22)13-12(6-9-21-13)20-10-11-24-15(16(17,18)19)7-4-3-5-8-15/h6,9,20-21H,2-5,7-8,10-11H2,1H3. The highest BCUT2D eigenvalue weighted by molar-refractivity contribution is 5.93. The Morgan fingerprint density at radius 2 is 2.04 bits per heavy atom. The van der Waals surface area contributed by atoms with E-state index < -0.39 is 17.7 Å². The Balaban J connectivity index is 1.88. The first-order chi connectivity index (χ1) is 11.4. The molecule has 0 radical (unpaired) electrons. The van der Waals surface area contributed by atoms with Crippen molar-refractivity contribution in [3.05, 3.63) is 18.0 Å². The number of nitrogens with one attached hydrogen (secondary N) is 2. The van der Waals surface area contributed by atoms with Crippen LogP contribution in [0.25, 0.3) is 0 Å². The SMILES string of the molecule is CCOC(=O)c1[nH]ccc1NCCOC1(C(F)(F)F)CCCCC1. The van der Waals surface area contributed by atoms with Gasteiger partial charge in [-0.25, -0.2) is 4.79 Å². The van der Waals surface area contributed by atoms with Gasteiger partial charge in [0.25, 0.3) is 0 Å². The molecule has 0 atom stereocenters. The summed E-state index contributed by atoms with van der Waals surface area (Å²) in [5.41, 5.74) is -1.29. The molecule has 0 spiro atoms. The minimum Gasteiger partial charge on any atom is -0.461 e. The molecule has 2 rings (SSSR count). The van der Waals surface area contributed by atoms with Crippen LogP contribution < -0.4 is 5.32 Å². The molecular weight excluding hydrogens is 325 g/mol. The van der Waals surface area contributed by atoms with Crippen LogP contribution in [0.5, 0.6) is 0 Å². The van der Waals surface area contributed by atoms with E-state index in [1.165, 1.54) is 0 Å². The minimum atomic E-state index is -4.36. The molecule has 1 fully saturated rings. The maximum atomic E-state index is 13.3. The highest BCUT2D eigenvalue weighted by atomic mass is 19.4. The van der Waals surface area contributed by atoms with Gasteiger partial charge in [0.1, 0.15) is 5.69 Å². The molecule has 1 saturated carbocycles. The van der Waals surface area contributed by atoms with E-state index >= 15 is 0 Å². The third-order valence-electron chi connectivity index (χ3n) is 4.20. The van der Waals surface area contributed by atoms with Crippen LogP contribution in [0.2, 0.25) is 0 Å². The zero-order valence-corrected chi connectivity index (χ0v) is 13.7. The molecule has 24 heavy (non-hydrogen) atoms. The van der Waals surface area contributed by atoms with Gasteiger partial charge in [0.15, 0.2) is 5.60 Å². The summed E-state index contributed by atoms with van der Waals surface area (Å²) < 4.78 is 50.2. The van der Waals surface area contributed by atoms with Crippen LogP contribution in [0.3, 0.4) is 0 Å². The monoisotopic (exact) mass is 348 g/mol. The molecule has 0 aliphatic heterocycles. The predicted molar refractivity (Wildman–Crippen MR) is 83.1 cm³/mol. The number of esters is 1. The van der Waals surface area contributed by atoms with Crippen LogP contribution in [0.4, 0.5) is 18.9 Å². The highest BCUT2D eigenvalue weighted by Gasteiger charge is 2.55. The fourth-order valence-corrected chi connectivity index (χ4v) is 2.95.